The number of aromatic nitrogens is 2. The maximum absolute atomic E-state index is 14.1. The van der Waals surface area contributed by atoms with Crippen LogP contribution in [0.15, 0.2) is 29.1 Å². The van der Waals surface area contributed by atoms with Crippen molar-refractivity contribution in [3.63, 3.8) is 0 Å². The Labute approximate surface area is 174 Å². The van der Waals surface area contributed by atoms with Gasteiger partial charge in [-0.2, -0.15) is 5.10 Å². The number of rotatable bonds is 4. The number of fused-ring (bicyclic) bond motifs is 1. The van der Waals surface area contributed by atoms with Crippen molar-refractivity contribution in [3.05, 3.63) is 63.1 Å². The first kappa shape index (κ1) is 20.7. The highest BCUT2D eigenvalue weighted by molar-refractivity contribution is 5.95. The summed E-state index contributed by atoms with van der Waals surface area (Å²) < 4.78 is 29.8. The van der Waals surface area contributed by atoms with E-state index < -0.39 is 23.1 Å². The first-order chi connectivity index (χ1) is 14.5. The molecule has 0 saturated carbocycles. The van der Waals surface area contributed by atoms with E-state index in [1.54, 1.807) is 11.0 Å². The number of nitrogens with zero attached hydrogens (tertiary/aromatic N) is 3. The third kappa shape index (κ3) is 4.30. The van der Waals surface area contributed by atoms with Gasteiger partial charge in [0.25, 0.3) is 11.5 Å². The van der Waals surface area contributed by atoms with E-state index in [4.69, 9.17) is 0 Å². The number of aryl methyl sites for hydroxylation is 3. The lowest BCUT2D eigenvalue weighted by Crippen LogP contribution is -2.45. The van der Waals surface area contributed by atoms with E-state index in [1.807, 2.05) is 0 Å². The minimum Gasteiger partial charge on any atom is -0.335 e. The van der Waals surface area contributed by atoms with Crippen molar-refractivity contribution in [3.8, 4) is 0 Å². The largest absolute Gasteiger partial charge is 0.335 e. The molecule has 1 fully saturated rings. The molecule has 1 saturated heterocycles. The Morgan fingerprint density at radius 3 is 2.63 bits per heavy atom. The second-order valence-corrected chi connectivity index (χ2v) is 8.27. The van der Waals surface area contributed by atoms with Gasteiger partial charge in [-0.25, -0.2) is 13.5 Å². The third-order valence-electron chi connectivity index (χ3n) is 6.26. The van der Waals surface area contributed by atoms with Crippen molar-refractivity contribution in [1.29, 1.82) is 0 Å². The van der Waals surface area contributed by atoms with Crippen LogP contribution in [0, 0.1) is 11.6 Å². The van der Waals surface area contributed by atoms with Crippen LogP contribution in [0.4, 0.5) is 8.78 Å². The molecular weight excluding hydrogens is 388 g/mol. The molecule has 1 aliphatic heterocycles. The Kier molecular flexibility index (Phi) is 6.25. The predicted molar refractivity (Wildman–Crippen MR) is 109 cm³/mol. The van der Waals surface area contributed by atoms with E-state index >= 15 is 0 Å². The Morgan fingerprint density at radius 1 is 1.07 bits per heavy atom. The topological polar surface area (TPSA) is 55.2 Å². The van der Waals surface area contributed by atoms with Crippen LogP contribution in [0.1, 0.15) is 66.6 Å². The summed E-state index contributed by atoms with van der Waals surface area (Å²) >= 11 is 0. The number of hydrogen-bond acceptors (Lipinski definition) is 3. The number of halogens is 2. The van der Waals surface area contributed by atoms with Crippen molar-refractivity contribution in [2.24, 2.45) is 0 Å². The lowest BCUT2D eigenvalue weighted by molar-refractivity contribution is 0.0583. The van der Waals surface area contributed by atoms with Crippen LogP contribution in [0.3, 0.4) is 0 Å². The highest BCUT2D eigenvalue weighted by Crippen LogP contribution is 2.25. The second kappa shape index (κ2) is 9.06. The van der Waals surface area contributed by atoms with Gasteiger partial charge in [0.15, 0.2) is 0 Å². The molecule has 0 N–H and O–H groups in total. The van der Waals surface area contributed by atoms with Gasteiger partial charge >= 0.3 is 0 Å². The van der Waals surface area contributed by atoms with E-state index in [2.05, 4.69) is 5.10 Å². The van der Waals surface area contributed by atoms with Crippen molar-refractivity contribution in [1.82, 2.24) is 14.7 Å². The zero-order chi connectivity index (χ0) is 21.1. The highest BCUT2D eigenvalue weighted by Gasteiger charge is 2.30. The standard InChI is InChI=1S/C23H27F2N3O2/c24-18-9-6-10-19(25)22(18)23(30)27-13-5-4-8-17(27)12-14-28-21(29)15-16-7-2-1-3-11-20(16)26-28/h6,9-10,15,17H,1-5,7-8,11-14H2. The molecule has 160 valence electrons. The van der Waals surface area contributed by atoms with Crippen molar-refractivity contribution >= 4 is 5.91 Å². The fourth-order valence-corrected chi connectivity index (χ4v) is 4.62. The molecule has 4 rings (SSSR count). The van der Waals surface area contributed by atoms with E-state index in [0.717, 1.165) is 74.8 Å². The number of amides is 1. The summed E-state index contributed by atoms with van der Waals surface area (Å²) in [5.74, 6) is -2.29. The summed E-state index contributed by atoms with van der Waals surface area (Å²) in [4.78, 5) is 27.0. The fraction of sp³-hybridized carbons (Fsp3) is 0.522. The van der Waals surface area contributed by atoms with Crippen LogP contribution < -0.4 is 5.56 Å². The molecule has 0 spiro atoms. The quantitative estimate of drug-likeness (QED) is 0.713. The maximum Gasteiger partial charge on any atom is 0.267 e. The molecule has 1 unspecified atom stereocenters. The molecule has 30 heavy (non-hydrogen) atoms. The SMILES string of the molecule is O=C(c1c(F)cccc1F)N1CCCCC1CCn1nc2c(cc1=O)CCCCC2. The molecule has 2 aromatic rings. The smallest absolute Gasteiger partial charge is 0.267 e. The van der Waals surface area contributed by atoms with Gasteiger partial charge in [-0.05, 0) is 69.1 Å². The number of likely N-dealkylation sites (tertiary alicyclic amines) is 1. The van der Waals surface area contributed by atoms with Gasteiger partial charge < -0.3 is 4.90 Å². The number of carbonyl (C=O) groups excluding carboxylic acids is 1. The number of benzene rings is 1. The monoisotopic (exact) mass is 415 g/mol. The molecule has 7 heteroatoms. The molecule has 1 aliphatic carbocycles. The van der Waals surface area contributed by atoms with Crippen molar-refractivity contribution in [2.75, 3.05) is 6.54 Å². The van der Waals surface area contributed by atoms with E-state index in [0.29, 0.717) is 19.5 Å². The molecule has 2 heterocycles. The van der Waals surface area contributed by atoms with Crippen molar-refractivity contribution in [2.45, 2.75) is 70.4 Å². The highest BCUT2D eigenvalue weighted by atomic mass is 19.1. The molecule has 5 nitrogen and oxygen atoms in total. The average molecular weight is 415 g/mol. The van der Waals surface area contributed by atoms with Gasteiger partial charge in [0, 0.05) is 25.2 Å². The maximum atomic E-state index is 14.1. The Bertz CT molecular complexity index is 969. The number of carbonyl (C=O) groups is 1. The average Bonchev–Trinajstić information content (AvgIpc) is 2.97. The summed E-state index contributed by atoms with van der Waals surface area (Å²) in [7, 11) is 0. The molecule has 1 aromatic carbocycles. The van der Waals surface area contributed by atoms with Crippen LogP contribution in [-0.4, -0.2) is 33.2 Å². The molecular formula is C23H27F2N3O2. The molecule has 1 amide bonds. The lowest BCUT2D eigenvalue weighted by Gasteiger charge is -2.36. The van der Waals surface area contributed by atoms with E-state index in [-0.39, 0.29) is 11.6 Å². The lowest BCUT2D eigenvalue weighted by atomic mass is 9.98. The number of hydrogen-bond donors (Lipinski definition) is 0. The normalized spacial score (nSPS) is 19.3. The van der Waals surface area contributed by atoms with E-state index in [9.17, 15) is 18.4 Å². The predicted octanol–water partition coefficient (Wildman–Crippen LogP) is 3.88. The summed E-state index contributed by atoms with van der Waals surface area (Å²) in [5.41, 5.74) is 1.43. The summed E-state index contributed by atoms with van der Waals surface area (Å²) in [6.07, 6.45) is 8.14. The first-order valence-electron chi connectivity index (χ1n) is 10.9. The molecule has 1 aromatic heterocycles. The van der Waals surface area contributed by atoms with Gasteiger partial charge in [-0.3, -0.25) is 9.59 Å². The van der Waals surface area contributed by atoms with Crippen LogP contribution >= 0.6 is 0 Å². The van der Waals surface area contributed by atoms with Gasteiger partial charge in [-0.1, -0.05) is 12.5 Å². The van der Waals surface area contributed by atoms with Crippen molar-refractivity contribution < 1.29 is 13.6 Å². The number of piperidine rings is 1. The van der Waals surface area contributed by atoms with Gasteiger partial charge in [0.1, 0.15) is 17.2 Å². The van der Waals surface area contributed by atoms with Crippen LogP contribution in [-0.2, 0) is 19.4 Å². The minimum atomic E-state index is -0.840. The van der Waals surface area contributed by atoms with E-state index in [1.165, 1.54) is 10.7 Å². The summed E-state index contributed by atoms with van der Waals surface area (Å²) in [6.45, 7) is 0.851. The second-order valence-electron chi connectivity index (χ2n) is 8.27. The van der Waals surface area contributed by atoms with Gasteiger partial charge in [0.2, 0.25) is 0 Å². The molecule has 0 radical (unpaired) electrons. The van der Waals surface area contributed by atoms with Gasteiger partial charge in [0.05, 0.1) is 5.69 Å². The van der Waals surface area contributed by atoms with Crippen LogP contribution in [0.25, 0.3) is 0 Å². The fourth-order valence-electron chi connectivity index (χ4n) is 4.62. The Hall–Kier alpha value is -2.57. The van der Waals surface area contributed by atoms with Crippen LogP contribution in [0.5, 0.6) is 0 Å². The van der Waals surface area contributed by atoms with Crippen LogP contribution in [0.2, 0.25) is 0 Å². The molecule has 1 atom stereocenters. The minimum absolute atomic E-state index is 0.121. The zero-order valence-corrected chi connectivity index (χ0v) is 17.1. The Balaban J connectivity index is 1.51. The molecule has 2 aliphatic rings. The summed E-state index contributed by atoms with van der Waals surface area (Å²) in [6, 6.07) is 5.00. The molecule has 0 bridgehead atoms. The zero-order valence-electron chi connectivity index (χ0n) is 17.1. The third-order valence-corrected chi connectivity index (χ3v) is 6.26. The van der Waals surface area contributed by atoms with Gasteiger partial charge in [-0.15, -0.1) is 0 Å². The Morgan fingerprint density at radius 2 is 1.83 bits per heavy atom. The summed E-state index contributed by atoms with van der Waals surface area (Å²) in [5, 5.41) is 4.59. The first-order valence-corrected chi connectivity index (χ1v) is 10.9.